The fourth-order valence-electron chi connectivity index (χ4n) is 1.33. The highest BCUT2D eigenvalue weighted by molar-refractivity contribution is 5.66. The average Bonchev–Trinajstić information content (AvgIpc) is 2.14. The summed E-state index contributed by atoms with van der Waals surface area (Å²) in [5.74, 6) is -0.705. The van der Waals surface area contributed by atoms with Crippen LogP contribution in [0.1, 0.15) is 58.8 Å². The number of carboxylic acid groups (broad SMARTS) is 1. The molecule has 0 amide bonds. The molecular formula is C12H22O2. The second-order valence-corrected chi connectivity index (χ2v) is 3.79. The summed E-state index contributed by atoms with van der Waals surface area (Å²) in [5, 5.41) is 8.48. The fraction of sp³-hybridized carbons (Fsp3) is 0.750. The van der Waals surface area contributed by atoms with E-state index in [0.29, 0.717) is 6.42 Å². The van der Waals surface area contributed by atoms with Crippen molar-refractivity contribution in [1.82, 2.24) is 0 Å². The molecule has 0 rings (SSSR count). The molecule has 0 radical (unpaired) electrons. The van der Waals surface area contributed by atoms with Gasteiger partial charge in [0.15, 0.2) is 0 Å². The van der Waals surface area contributed by atoms with Crippen LogP contribution in [0.5, 0.6) is 0 Å². The van der Waals surface area contributed by atoms with Crippen molar-refractivity contribution in [2.45, 2.75) is 58.8 Å². The minimum absolute atomic E-state index is 0.261. The Morgan fingerprint density at radius 2 is 1.93 bits per heavy atom. The topological polar surface area (TPSA) is 37.3 Å². The fourth-order valence-corrected chi connectivity index (χ4v) is 1.33. The highest BCUT2D eigenvalue weighted by atomic mass is 16.4. The van der Waals surface area contributed by atoms with Crippen molar-refractivity contribution >= 4 is 5.97 Å². The number of unbranched alkanes of at least 4 members (excludes halogenated alkanes) is 4. The maximum Gasteiger partial charge on any atom is 0.303 e. The van der Waals surface area contributed by atoms with Crippen LogP contribution in [0.25, 0.3) is 0 Å². The zero-order chi connectivity index (χ0) is 10.8. The van der Waals surface area contributed by atoms with Crippen LogP contribution in [0, 0.1) is 0 Å². The highest BCUT2D eigenvalue weighted by Crippen LogP contribution is 2.08. The van der Waals surface area contributed by atoms with E-state index in [0.717, 1.165) is 6.42 Å². The van der Waals surface area contributed by atoms with E-state index in [9.17, 15) is 4.79 Å². The number of carbonyl (C=O) groups is 1. The van der Waals surface area contributed by atoms with Crippen LogP contribution in [-0.2, 0) is 4.79 Å². The van der Waals surface area contributed by atoms with Crippen molar-refractivity contribution in [2.24, 2.45) is 0 Å². The molecule has 0 aromatic rings. The summed E-state index contributed by atoms with van der Waals surface area (Å²) in [6, 6.07) is 0. The van der Waals surface area contributed by atoms with Gasteiger partial charge in [-0.25, -0.2) is 0 Å². The first-order valence-corrected chi connectivity index (χ1v) is 5.54. The summed E-state index contributed by atoms with van der Waals surface area (Å²) in [7, 11) is 0. The molecule has 0 aliphatic rings. The maximum absolute atomic E-state index is 10.3. The van der Waals surface area contributed by atoms with Crippen LogP contribution in [0.15, 0.2) is 11.6 Å². The van der Waals surface area contributed by atoms with Crippen molar-refractivity contribution in [1.29, 1.82) is 0 Å². The molecule has 0 spiro atoms. The van der Waals surface area contributed by atoms with Gasteiger partial charge in [-0.1, -0.05) is 37.8 Å². The first kappa shape index (κ1) is 13.2. The molecule has 0 bridgehead atoms. The van der Waals surface area contributed by atoms with Crippen molar-refractivity contribution in [2.75, 3.05) is 0 Å². The van der Waals surface area contributed by atoms with Crippen LogP contribution in [0.2, 0.25) is 0 Å². The molecule has 2 nitrogen and oxygen atoms in total. The standard InChI is InChI=1S/C12H22O2/c1-3-4-5-6-7-8-11(2)9-10-12(13)14/h8H,3-7,9-10H2,1-2H3,(H,13,14)/b11-8+. The minimum Gasteiger partial charge on any atom is -0.481 e. The summed E-state index contributed by atoms with van der Waals surface area (Å²) < 4.78 is 0. The van der Waals surface area contributed by atoms with Gasteiger partial charge in [0.2, 0.25) is 0 Å². The van der Waals surface area contributed by atoms with Gasteiger partial charge in [-0.05, 0) is 26.2 Å². The SMILES string of the molecule is CCCCCC/C=C(\C)CCC(=O)O. The van der Waals surface area contributed by atoms with Gasteiger partial charge in [0.25, 0.3) is 0 Å². The van der Waals surface area contributed by atoms with E-state index in [1.807, 2.05) is 6.92 Å². The predicted octanol–water partition coefficient (Wildman–Crippen LogP) is 3.77. The molecule has 0 fully saturated rings. The zero-order valence-corrected chi connectivity index (χ0v) is 9.38. The summed E-state index contributed by atoms with van der Waals surface area (Å²) >= 11 is 0. The third kappa shape index (κ3) is 9.30. The molecule has 82 valence electrons. The Morgan fingerprint density at radius 1 is 1.21 bits per heavy atom. The average molecular weight is 198 g/mol. The Labute approximate surface area is 87.0 Å². The number of allylic oxidation sites excluding steroid dienone is 2. The lowest BCUT2D eigenvalue weighted by Gasteiger charge is -1.99. The Morgan fingerprint density at radius 3 is 2.50 bits per heavy atom. The van der Waals surface area contributed by atoms with Crippen LogP contribution < -0.4 is 0 Å². The molecule has 0 aromatic carbocycles. The summed E-state index contributed by atoms with van der Waals surface area (Å²) in [6.07, 6.45) is 9.34. The third-order valence-corrected chi connectivity index (χ3v) is 2.28. The van der Waals surface area contributed by atoms with Crippen LogP contribution in [-0.4, -0.2) is 11.1 Å². The van der Waals surface area contributed by atoms with Gasteiger partial charge in [0.1, 0.15) is 0 Å². The monoisotopic (exact) mass is 198 g/mol. The summed E-state index contributed by atoms with van der Waals surface area (Å²) in [4.78, 5) is 10.3. The Hall–Kier alpha value is -0.790. The molecule has 2 heteroatoms. The molecule has 0 heterocycles. The van der Waals surface area contributed by atoms with Gasteiger partial charge in [-0.2, -0.15) is 0 Å². The normalized spacial score (nSPS) is 11.7. The molecule has 0 aromatic heterocycles. The van der Waals surface area contributed by atoms with E-state index in [4.69, 9.17) is 5.11 Å². The number of aliphatic carboxylic acids is 1. The van der Waals surface area contributed by atoms with Gasteiger partial charge in [-0.3, -0.25) is 4.79 Å². The highest BCUT2D eigenvalue weighted by Gasteiger charge is 1.96. The van der Waals surface area contributed by atoms with Gasteiger partial charge >= 0.3 is 5.97 Å². The molecule has 0 unspecified atom stereocenters. The number of hydrogen-bond donors (Lipinski definition) is 1. The van der Waals surface area contributed by atoms with Crippen LogP contribution >= 0.6 is 0 Å². The van der Waals surface area contributed by atoms with Crippen LogP contribution in [0.4, 0.5) is 0 Å². The van der Waals surface area contributed by atoms with Gasteiger partial charge in [-0.15, -0.1) is 0 Å². The van der Waals surface area contributed by atoms with Crippen LogP contribution in [0.3, 0.4) is 0 Å². The zero-order valence-electron chi connectivity index (χ0n) is 9.38. The molecule has 1 N–H and O–H groups in total. The van der Waals surface area contributed by atoms with Crippen molar-refractivity contribution in [3.8, 4) is 0 Å². The van der Waals surface area contributed by atoms with Crippen molar-refractivity contribution in [3.63, 3.8) is 0 Å². The second kappa shape index (κ2) is 8.79. The Balaban J connectivity index is 3.41. The van der Waals surface area contributed by atoms with E-state index in [2.05, 4.69) is 13.0 Å². The molecule has 0 saturated carbocycles. The van der Waals surface area contributed by atoms with Gasteiger partial charge in [0, 0.05) is 6.42 Å². The second-order valence-electron chi connectivity index (χ2n) is 3.79. The molecule has 14 heavy (non-hydrogen) atoms. The largest absolute Gasteiger partial charge is 0.481 e. The van der Waals surface area contributed by atoms with E-state index in [1.165, 1.54) is 31.3 Å². The summed E-state index contributed by atoms with van der Waals surface area (Å²) in [5.41, 5.74) is 1.21. The molecule has 0 aliphatic heterocycles. The Bertz CT molecular complexity index is 183. The molecule has 0 aliphatic carbocycles. The van der Waals surface area contributed by atoms with E-state index >= 15 is 0 Å². The lowest BCUT2D eigenvalue weighted by molar-refractivity contribution is -0.136. The molecule has 0 atom stereocenters. The third-order valence-electron chi connectivity index (χ3n) is 2.28. The van der Waals surface area contributed by atoms with Crippen molar-refractivity contribution in [3.05, 3.63) is 11.6 Å². The first-order valence-electron chi connectivity index (χ1n) is 5.54. The smallest absolute Gasteiger partial charge is 0.303 e. The number of rotatable bonds is 8. The lowest BCUT2D eigenvalue weighted by atomic mass is 10.1. The minimum atomic E-state index is -0.705. The molecule has 0 saturated heterocycles. The Kier molecular flexibility index (Phi) is 8.30. The molecular weight excluding hydrogens is 176 g/mol. The maximum atomic E-state index is 10.3. The quantitative estimate of drug-likeness (QED) is 0.476. The van der Waals surface area contributed by atoms with Gasteiger partial charge < -0.3 is 5.11 Å². The lowest BCUT2D eigenvalue weighted by Crippen LogP contribution is -1.94. The summed E-state index contributed by atoms with van der Waals surface area (Å²) in [6.45, 7) is 4.22. The number of hydrogen-bond acceptors (Lipinski definition) is 1. The van der Waals surface area contributed by atoms with E-state index in [-0.39, 0.29) is 6.42 Å². The van der Waals surface area contributed by atoms with Gasteiger partial charge in [0.05, 0.1) is 0 Å². The first-order chi connectivity index (χ1) is 6.66. The predicted molar refractivity (Wildman–Crippen MR) is 59.4 cm³/mol. The van der Waals surface area contributed by atoms with E-state index < -0.39 is 5.97 Å². The number of carboxylic acids is 1. The van der Waals surface area contributed by atoms with Crippen molar-refractivity contribution < 1.29 is 9.90 Å². The van der Waals surface area contributed by atoms with E-state index in [1.54, 1.807) is 0 Å².